The quantitative estimate of drug-likeness (QED) is 0.664. The molecule has 3 rings (SSSR count). The van der Waals surface area contributed by atoms with Crippen molar-refractivity contribution in [2.45, 2.75) is 0 Å². The average Bonchev–Trinajstić information content (AvgIpc) is 2.82. The van der Waals surface area contributed by atoms with Crippen LogP contribution in [0.1, 0.15) is 0 Å². The van der Waals surface area contributed by atoms with E-state index in [0.717, 1.165) is 5.69 Å². The number of hydrogen-bond donors (Lipinski definition) is 1. The minimum Gasteiger partial charge on any atom is -0.372 e. The third-order valence-corrected chi connectivity index (χ3v) is 2.45. The third kappa shape index (κ3) is 1.55. The Morgan fingerprint density at radius 1 is 1.29 bits per heavy atom. The molecule has 0 saturated heterocycles. The second kappa shape index (κ2) is 3.44. The fourth-order valence-corrected chi connectivity index (χ4v) is 1.66. The van der Waals surface area contributed by atoms with Crippen LogP contribution in [0.25, 0.3) is 16.6 Å². The number of imidazole rings is 1. The maximum atomic E-state index is 11.5. The zero-order valence-electron chi connectivity index (χ0n) is 8.58. The molecular weight excluding hydrogens is 222 g/mol. The SMILES string of the molecule is O=c1[nH]c2ccc(-n3ccnc3)cc2c(=O)o1. The smallest absolute Gasteiger partial charge is 0.372 e. The largest absolute Gasteiger partial charge is 0.419 e. The normalized spacial score (nSPS) is 10.8. The maximum Gasteiger partial charge on any atom is 0.419 e. The molecule has 0 spiro atoms. The van der Waals surface area contributed by atoms with Crippen LogP contribution in [0.4, 0.5) is 0 Å². The van der Waals surface area contributed by atoms with Crippen molar-refractivity contribution in [2.24, 2.45) is 0 Å². The van der Waals surface area contributed by atoms with Crippen LogP contribution in [0.2, 0.25) is 0 Å². The summed E-state index contributed by atoms with van der Waals surface area (Å²) < 4.78 is 6.23. The Kier molecular flexibility index (Phi) is 1.94. The number of benzene rings is 1. The first kappa shape index (κ1) is 9.59. The van der Waals surface area contributed by atoms with Gasteiger partial charge in [0.2, 0.25) is 0 Å². The predicted octanol–water partition coefficient (Wildman–Crippen LogP) is 0.667. The van der Waals surface area contributed by atoms with E-state index in [9.17, 15) is 9.59 Å². The van der Waals surface area contributed by atoms with Crippen LogP contribution in [0, 0.1) is 0 Å². The molecule has 0 aliphatic carbocycles. The molecule has 1 N–H and O–H groups in total. The molecular formula is C11H7N3O3. The number of fused-ring (bicyclic) bond motifs is 1. The molecule has 0 unspecified atom stereocenters. The van der Waals surface area contributed by atoms with Gasteiger partial charge in [0.1, 0.15) is 0 Å². The number of nitrogens with zero attached hydrogens (tertiary/aromatic N) is 2. The number of H-pyrrole nitrogens is 1. The van der Waals surface area contributed by atoms with Gasteiger partial charge in [0.15, 0.2) is 0 Å². The first-order valence-corrected chi connectivity index (χ1v) is 4.89. The van der Waals surface area contributed by atoms with Crippen molar-refractivity contribution < 1.29 is 4.42 Å². The van der Waals surface area contributed by atoms with Crippen molar-refractivity contribution >= 4 is 10.9 Å². The van der Waals surface area contributed by atoms with E-state index in [2.05, 4.69) is 14.4 Å². The molecule has 6 nitrogen and oxygen atoms in total. The molecule has 0 fully saturated rings. The van der Waals surface area contributed by atoms with E-state index in [1.165, 1.54) is 0 Å². The molecule has 17 heavy (non-hydrogen) atoms. The number of nitrogens with one attached hydrogen (secondary N) is 1. The summed E-state index contributed by atoms with van der Waals surface area (Å²) in [6.07, 6.45) is 5.02. The van der Waals surface area contributed by atoms with Gasteiger partial charge in [-0.05, 0) is 18.2 Å². The molecule has 0 bridgehead atoms. The lowest BCUT2D eigenvalue weighted by Gasteiger charge is -2.02. The Hall–Kier alpha value is -2.63. The zero-order chi connectivity index (χ0) is 11.8. The number of aromatic nitrogens is 3. The van der Waals surface area contributed by atoms with Crippen LogP contribution in [0.3, 0.4) is 0 Å². The summed E-state index contributed by atoms with van der Waals surface area (Å²) in [7, 11) is 0. The molecule has 3 aromatic rings. The van der Waals surface area contributed by atoms with Gasteiger partial charge in [0, 0.05) is 18.1 Å². The van der Waals surface area contributed by atoms with Crippen LogP contribution >= 0.6 is 0 Å². The highest BCUT2D eigenvalue weighted by molar-refractivity contribution is 5.79. The van der Waals surface area contributed by atoms with Crippen LogP contribution in [0.5, 0.6) is 0 Å². The van der Waals surface area contributed by atoms with E-state index in [0.29, 0.717) is 10.9 Å². The molecule has 0 amide bonds. The molecule has 2 aromatic heterocycles. The lowest BCUT2D eigenvalue weighted by Crippen LogP contribution is -2.14. The highest BCUT2D eigenvalue weighted by Crippen LogP contribution is 2.12. The fourth-order valence-electron chi connectivity index (χ4n) is 1.66. The van der Waals surface area contributed by atoms with Crippen molar-refractivity contribution in [1.82, 2.24) is 14.5 Å². The molecule has 0 saturated carbocycles. The summed E-state index contributed by atoms with van der Waals surface area (Å²) in [5, 5.41) is 0.329. The standard InChI is InChI=1S/C11H7N3O3/c15-10-8-5-7(14-4-3-12-6-14)1-2-9(8)13-11(16)17-10/h1-6H,(H,13,16). The van der Waals surface area contributed by atoms with Gasteiger partial charge in [-0.15, -0.1) is 0 Å². The van der Waals surface area contributed by atoms with Gasteiger partial charge < -0.3 is 8.98 Å². The lowest BCUT2D eigenvalue weighted by molar-refractivity contribution is 0.460. The number of aromatic amines is 1. The van der Waals surface area contributed by atoms with Crippen molar-refractivity contribution in [3.8, 4) is 5.69 Å². The summed E-state index contributed by atoms with van der Waals surface area (Å²) >= 11 is 0. The molecule has 0 radical (unpaired) electrons. The van der Waals surface area contributed by atoms with E-state index in [-0.39, 0.29) is 0 Å². The molecule has 0 aliphatic rings. The second-order valence-electron chi connectivity index (χ2n) is 3.50. The van der Waals surface area contributed by atoms with Gasteiger partial charge >= 0.3 is 11.4 Å². The van der Waals surface area contributed by atoms with E-state index in [1.54, 1.807) is 41.5 Å². The Morgan fingerprint density at radius 3 is 2.94 bits per heavy atom. The molecule has 84 valence electrons. The summed E-state index contributed by atoms with van der Waals surface area (Å²) in [5.74, 6) is -0.752. The Labute approximate surface area is 94.2 Å². The van der Waals surface area contributed by atoms with Gasteiger partial charge in [-0.25, -0.2) is 14.6 Å². The highest BCUT2D eigenvalue weighted by atomic mass is 16.4. The Balaban J connectivity index is 2.34. The summed E-state index contributed by atoms with van der Waals surface area (Å²) in [5.41, 5.74) is 0.579. The first-order valence-electron chi connectivity index (χ1n) is 4.89. The molecule has 0 aliphatic heterocycles. The molecule has 6 heteroatoms. The molecule has 2 heterocycles. The van der Waals surface area contributed by atoms with E-state index in [4.69, 9.17) is 0 Å². The van der Waals surface area contributed by atoms with Crippen LogP contribution < -0.4 is 11.4 Å². The number of rotatable bonds is 1. The van der Waals surface area contributed by atoms with Gasteiger partial charge in [0.05, 0.1) is 17.2 Å². The average molecular weight is 229 g/mol. The van der Waals surface area contributed by atoms with Gasteiger partial charge in [-0.2, -0.15) is 0 Å². The Morgan fingerprint density at radius 2 is 2.18 bits per heavy atom. The van der Waals surface area contributed by atoms with E-state index >= 15 is 0 Å². The van der Waals surface area contributed by atoms with Crippen LogP contribution in [0.15, 0.2) is 50.9 Å². The minimum atomic E-state index is -0.752. The lowest BCUT2D eigenvalue weighted by atomic mass is 10.2. The van der Waals surface area contributed by atoms with Crippen molar-refractivity contribution in [3.63, 3.8) is 0 Å². The van der Waals surface area contributed by atoms with Gasteiger partial charge in [-0.1, -0.05) is 0 Å². The van der Waals surface area contributed by atoms with E-state index in [1.807, 2.05) is 0 Å². The van der Waals surface area contributed by atoms with Crippen molar-refractivity contribution in [2.75, 3.05) is 0 Å². The van der Waals surface area contributed by atoms with Crippen LogP contribution in [-0.2, 0) is 0 Å². The predicted molar refractivity (Wildman–Crippen MR) is 60.2 cm³/mol. The van der Waals surface area contributed by atoms with Gasteiger partial charge in [0.25, 0.3) is 0 Å². The summed E-state index contributed by atoms with van der Waals surface area (Å²) in [6.45, 7) is 0. The summed E-state index contributed by atoms with van der Waals surface area (Å²) in [4.78, 5) is 28.9. The maximum absolute atomic E-state index is 11.5. The number of hydrogen-bond acceptors (Lipinski definition) is 4. The van der Waals surface area contributed by atoms with Crippen molar-refractivity contribution in [3.05, 3.63) is 57.9 Å². The fraction of sp³-hybridized carbons (Fsp3) is 0. The van der Waals surface area contributed by atoms with Crippen molar-refractivity contribution in [1.29, 1.82) is 0 Å². The van der Waals surface area contributed by atoms with Gasteiger partial charge in [-0.3, -0.25) is 4.98 Å². The van der Waals surface area contributed by atoms with E-state index < -0.39 is 11.4 Å². The first-order chi connectivity index (χ1) is 8.24. The molecule has 1 aromatic carbocycles. The summed E-state index contributed by atoms with van der Waals surface area (Å²) in [6, 6.07) is 5.07. The second-order valence-corrected chi connectivity index (χ2v) is 3.50. The minimum absolute atomic E-state index is 0.329. The monoisotopic (exact) mass is 229 g/mol. The third-order valence-electron chi connectivity index (χ3n) is 2.45. The topological polar surface area (TPSA) is 80.9 Å². The molecule has 0 atom stereocenters. The van der Waals surface area contributed by atoms with Crippen LogP contribution in [-0.4, -0.2) is 14.5 Å². The zero-order valence-corrected chi connectivity index (χ0v) is 8.58. The highest BCUT2D eigenvalue weighted by Gasteiger charge is 2.04. The Bertz CT molecular complexity index is 784.